The van der Waals surface area contributed by atoms with Crippen LogP contribution in [0.3, 0.4) is 0 Å². The average Bonchev–Trinajstić information content (AvgIpc) is 2.01. The molecule has 1 aromatic carbocycles. The van der Waals surface area contributed by atoms with Crippen LogP contribution in [0.25, 0.3) is 0 Å². The van der Waals surface area contributed by atoms with Gasteiger partial charge in [-0.3, -0.25) is 0 Å². The molecule has 0 fully saturated rings. The van der Waals surface area contributed by atoms with E-state index in [1.807, 2.05) is 11.9 Å². The molecule has 0 heterocycles. The summed E-state index contributed by atoms with van der Waals surface area (Å²) in [7, 11) is 1.95. The number of hydrogen-bond donors (Lipinski definition) is 1. The van der Waals surface area contributed by atoms with Crippen molar-refractivity contribution in [2.24, 2.45) is 0 Å². The van der Waals surface area contributed by atoms with Crippen LogP contribution >= 0.6 is 0 Å². The summed E-state index contributed by atoms with van der Waals surface area (Å²) in [6, 6.07) is 4.47. The lowest BCUT2D eigenvalue weighted by Crippen LogP contribution is -2.38. The molecular formula is C11H17FN2. The molecule has 0 aliphatic carbocycles. The molecule has 78 valence electrons. The van der Waals surface area contributed by atoms with Crippen LogP contribution in [0.4, 0.5) is 15.8 Å². The molecule has 2 nitrogen and oxygen atoms in total. The van der Waals surface area contributed by atoms with Gasteiger partial charge in [-0.2, -0.15) is 0 Å². The van der Waals surface area contributed by atoms with Gasteiger partial charge in [0.1, 0.15) is 5.82 Å². The van der Waals surface area contributed by atoms with Crippen LogP contribution in [-0.2, 0) is 0 Å². The highest BCUT2D eigenvalue weighted by Gasteiger charge is 2.19. The van der Waals surface area contributed by atoms with Gasteiger partial charge in [-0.15, -0.1) is 0 Å². The van der Waals surface area contributed by atoms with Gasteiger partial charge < -0.3 is 10.6 Å². The van der Waals surface area contributed by atoms with Crippen LogP contribution in [0, 0.1) is 5.82 Å². The molecule has 3 heteroatoms. The fourth-order valence-electron chi connectivity index (χ4n) is 1.19. The first-order valence-corrected chi connectivity index (χ1v) is 4.61. The quantitative estimate of drug-likeness (QED) is 0.700. The zero-order chi connectivity index (χ0) is 10.9. The molecule has 0 radical (unpaired) electrons. The standard InChI is InChI=1S/C11H17FN2/c1-11(2,3)14(4)10-6-5-8(12)7-9(10)13/h5-7H,13H2,1-4H3. The van der Waals surface area contributed by atoms with E-state index < -0.39 is 0 Å². The SMILES string of the molecule is CN(c1ccc(F)cc1N)C(C)(C)C. The first kappa shape index (κ1) is 10.8. The maximum absolute atomic E-state index is 12.8. The van der Waals surface area contributed by atoms with Gasteiger partial charge in [-0.1, -0.05) is 0 Å². The molecule has 0 bridgehead atoms. The smallest absolute Gasteiger partial charge is 0.125 e. The van der Waals surface area contributed by atoms with Crippen molar-refractivity contribution in [2.45, 2.75) is 26.3 Å². The van der Waals surface area contributed by atoms with E-state index in [9.17, 15) is 4.39 Å². The van der Waals surface area contributed by atoms with Gasteiger partial charge in [0.15, 0.2) is 0 Å². The second-order valence-corrected chi connectivity index (χ2v) is 4.43. The molecule has 0 saturated carbocycles. The lowest BCUT2D eigenvalue weighted by atomic mass is 10.1. The van der Waals surface area contributed by atoms with Crippen LogP contribution in [0.2, 0.25) is 0 Å². The van der Waals surface area contributed by atoms with Crippen molar-refractivity contribution in [2.75, 3.05) is 17.7 Å². The summed E-state index contributed by atoms with van der Waals surface area (Å²) in [6.45, 7) is 6.24. The molecule has 2 N–H and O–H groups in total. The molecule has 1 rings (SSSR count). The van der Waals surface area contributed by atoms with Crippen LogP contribution in [0.15, 0.2) is 18.2 Å². The number of nitrogen functional groups attached to an aromatic ring is 1. The summed E-state index contributed by atoms with van der Waals surface area (Å²) in [6.07, 6.45) is 0. The highest BCUT2D eigenvalue weighted by atomic mass is 19.1. The molecule has 0 atom stereocenters. The third-order valence-electron chi connectivity index (χ3n) is 2.36. The summed E-state index contributed by atoms with van der Waals surface area (Å²) in [4.78, 5) is 2.03. The van der Waals surface area contributed by atoms with Gasteiger partial charge in [0.25, 0.3) is 0 Å². The van der Waals surface area contributed by atoms with Crippen LogP contribution in [-0.4, -0.2) is 12.6 Å². The number of rotatable bonds is 1. The summed E-state index contributed by atoms with van der Waals surface area (Å²) in [5.41, 5.74) is 7.05. The van der Waals surface area contributed by atoms with E-state index in [4.69, 9.17) is 5.73 Å². The van der Waals surface area contributed by atoms with Crippen LogP contribution < -0.4 is 10.6 Å². The first-order valence-electron chi connectivity index (χ1n) is 4.61. The third-order valence-corrected chi connectivity index (χ3v) is 2.36. The summed E-state index contributed by atoms with van der Waals surface area (Å²) in [5.74, 6) is -0.298. The number of hydrogen-bond acceptors (Lipinski definition) is 2. The Morgan fingerprint density at radius 1 is 1.29 bits per heavy atom. The predicted octanol–water partition coefficient (Wildman–Crippen LogP) is 2.64. The number of benzene rings is 1. The Morgan fingerprint density at radius 3 is 2.29 bits per heavy atom. The first-order chi connectivity index (χ1) is 6.32. The van der Waals surface area contributed by atoms with Gasteiger partial charge in [0.05, 0.1) is 11.4 Å². The fraction of sp³-hybridized carbons (Fsp3) is 0.455. The van der Waals surface area contributed by atoms with Crippen molar-refractivity contribution >= 4 is 11.4 Å². The summed E-state index contributed by atoms with van der Waals surface area (Å²) < 4.78 is 12.8. The van der Waals surface area contributed by atoms with Crippen molar-refractivity contribution in [1.82, 2.24) is 0 Å². The highest BCUT2D eigenvalue weighted by molar-refractivity contribution is 5.68. The highest BCUT2D eigenvalue weighted by Crippen LogP contribution is 2.27. The minimum absolute atomic E-state index is 0.0219. The maximum atomic E-state index is 12.8. The molecule has 0 aliphatic rings. The molecule has 14 heavy (non-hydrogen) atoms. The van der Waals surface area contributed by atoms with Gasteiger partial charge in [0.2, 0.25) is 0 Å². The van der Waals surface area contributed by atoms with E-state index in [0.717, 1.165) is 5.69 Å². The van der Waals surface area contributed by atoms with E-state index in [1.165, 1.54) is 12.1 Å². The topological polar surface area (TPSA) is 29.3 Å². The predicted molar refractivity (Wildman–Crippen MR) is 59.0 cm³/mol. The number of halogens is 1. The monoisotopic (exact) mass is 196 g/mol. The zero-order valence-electron chi connectivity index (χ0n) is 9.13. The van der Waals surface area contributed by atoms with Crippen molar-refractivity contribution in [3.63, 3.8) is 0 Å². The van der Waals surface area contributed by atoms with Crippen molar-refractivity contribution in [3.8, 4) is 0 Å². The third kappa shape index (κ3) is 2.16. The van der Waals surface area contributed by atoms with Gasteiger partial charge in [0, 0.05) is 12.6 Å². The van der Waals surface area contributed by atoms with Gasteiger partial charge >= 0.3 is 0 Å². The largest absolute Gasteiger partial charge is 0.397 e. The van der Waals surface area contributed by atoms with E-state index in [0.29, 0.717) is 5.69 Å². The molecular weight excluding hydrogens is 179 g/mol. The Labute approximate surface area is 84.5 Å². The Hall–Kier alpha value is -1.25. The van der Waals surface area contributed by atoms with Crippen LogP contribution in [0.5, 0.6) is 0 Å². The normalized spacial score (nSPS) is 11.5. The number of nitrogens with zero attached hydrogens (tertiary/aromatic N) is 1. The molecule has 1 aromatic rings. The Balaban J connectivity index is 3.08. The minimum Gasteiger partial charge on any atom is -0.397 e. The van der Waals surface area contributed by atoms with E-state index in [-0.39, 0.29) is 11.4 Å². The van der Waals surface area contributed by atoms with Crippen molar-refractivity contribution < 1.29 is 4.39 Å². The molecule has 0 saturated heterocycles. The van der Waals surface area contributed by atoms with Crippen molar-refractivity contribution in [1.29, 1.82) is 0 Å². The number of nitrogens with two attached hydrogens (primary N) is 1. The summed E-state index contributed by atoms with van der Waals surface area (Å²) in [5, 5.41) is 0. The molecule has 0 amide bonds. The number of anilines is 2. The lowest BCUT2D eigenvalue weighted by molar-refractivity contribution is 0.538. The van der Waals surface area contributed by atoms with Gasteiger partial charge in [-0.05, 0) is 39.0 Å². The Bertz CT molecular complexity index is 329. The van der Waals surface area contributed by atoms with Gasteiger partial charge in [-0.25, -0.2) is 4.39 Å². The maximum Gasteiger partial charge on any atom is 0.125 e. The molecule has 0 unspecified atom stereocenters. The fourth-order valence-corrected chi connectivity index (χ4v) is 1.19. The van der Waals surface area contributed by atoms with Crippen molar-refractivity contribution in [3.05, 3.63) is 24.0 Å². The lowest BCUT2D eigenvalue weighted by Gasteiger charge is -2.34. The second-order valence-electron chi connectivity index (χ2n) is 4.43. The van der Waals surface area contributed by atoms with Crippen LogP contribution in [0.1, 0.15) is 20.8 Å². The Kier molecular flexibility index (Phi) is 2.69. The zero-order valence-corrected chi connectivity index (χ0v) is 9.13. The van der Waals surface area contributed by atoms with E-state index in [1.54, 1.807) is 6.07 Å². The van der Waals surface area contributed by atoms with E-state index >= 15 is 0 Å². The molecule has 0 aliphatic heterocycles. The molecule has 0 aromatic heterocycles. The second kappa shape index (κ2) is 3.48. The Morgan fingerprint density at radius 2 is 1.86 bits per heavy atom. The summed E-state index contributed by atoms with van der Waals surface area (Å²) >= 11 is 0. The average molecular weight is 196 g/mol. The minimum atomic E-state index is -0.298. The molecule has 0 spiro atoms. The van der Waals surface area contributed by atoms with E-state index in [2.05, 4.69) is 20.8 Å².